The van der Waals surface area contributed by atoms with Crippen molar-refractivity contribution in [3.63, 3.8) is 0 Å². The van der Waals surface area contributed by atoms with Gasteiger partial charge < -0.3 is 24.6 Å². The molecule has 0 bridgehead atoms. The Labute approximate surface area is 113 Å². The molecule has 5 nitrogen and oxygen atoms in total. The number of ether oxygens (including phenoxy) is 3. The average molecular weight is 267 g/mol. The third-order valence-corrected chi connectivity index (χ3v) is 3.07. The molecule has 0 aromatic heterocycles. The minimum atomic E-state index is -0.556. The Bertz CT molecular complexity index is 379. The molecule has 106 valence electrons. The van der Waals surface area contributed by atoms with Crippen molar-refractivity contribution in [2.24, 2.45) is 0 Å². The van der Waals surface area contributed by atoms with E-state index in [1.54, 1.807) is 7.11 Å². The van der Waals surface area contributed by atoms with Gasteiger partial charge in [-0.25, -0.2) is 0 Å². The van der Waals surface area contributed by atoms with E-state index in [1.165, 1.54) is 0 Å². The lowest BCUT2D eigenvalue weighted by Gasteiger charge is -2.23. The highest BCUT2D eigenvalue weighted by atomic mass is 16.6. The summed E-state index contributed by atoms with van der Waals surface area (Å²) in [5.74, 6) is 0.751. The molecule has 0 aliphatic carbocycles. The van der Waals surface area contributed by atoms with Crippen molar-refractivity contribution < 1.29 is 19.3 Å². The Morgan fingerprint density at radius 3 is 3.11 bits per heavy atom. The van der Waals surface area contributed by atoms with Gasteiger partial charge in [0.25, 0.3) is 0 Å². The summed E-state index contributed by atoms with van der Waals surface area (Å²) in [5, 5.41) is 13.3. The lowest BCUT2D eigenvalue weighted by atomic mass is 10.1. The van der Waals surface area contributed by atoms with Crippen LogP contribution in [0.3, 0.4) is 0 Å². The molecule has 1 heterocycles. The summed E-state index contributed by atoms with van der Waals surface area (Å²) in [7, 11) is 1.62. The van der Waals surface area contributed by atoms with E-state index in [-0.39, 0.29) is 6.10 Å². The zero-order chi connectivity index (χ0) is 13.5. The van der Waals surface area contributed by atoms with Gasteiger partial charge in [-0.15, -0.1) is 0 Å². The maximum atomic E-state index is 10.1. The first-order valence-corrected chi connectivity index (χ1v) is 6.51. The fraction of sp³-hybridized carbons (Fsp3) is 0.571. The maximum Gasteiger partial charge on any atom is 0.119 e. The lowest BCUT2D eigenvalue weighted by molar-refractivity contribution is -0.0868. The van der Waals surface area contributed by atoms with Gasteiger partial charge in [-0.2, -0.15) is 0 Å². The molecule has 1 aliphatic rings. The van der Waals surface area contributed by atoms with Crippen molar-refractivity contribution in [3.8, 4) is 5.75 Å². The number of hydrogen-bond donors (Lipinski definition) is 2. The van der Waals surface area contributed by atoms with Crippen LogP contribution in [-0.2, 0) is 9.47 Å². The average Bonchev–Trinajstić information content (AvgIpc) is 2.48. The highest BCUT2D eigenvalue weighted by molar-refractivity contribution is 5.29. The summed E-state index contributed by atoms with van der Waals surface area (Å²) < 4.78 is 16.0. The Morgan fingerprint density at radius 1 is 1.47 bits per heavy atom. The van der Waals surface area contributed by atoms with Gasteiger partial charge in [0, 0.05) is 13.1 Å². The molecule has 0 amide bonds. The van der Waals surface area contributed by atoms with Crippen molar-refractivity contribution in [2.75, 3.05) is 40.0 Å². The van der Waals surface area contributed by atoms with Gasteiger partial charge in [-0.1, -0.05) is 12.1 Å². The first kappa shape index (κ1) is 14.3. The molecule has 19 heavy (non-hydrogen) atoms. The van der Waals surface area contributed by atoms with Crippen molar-refractivity contribution in [1.29, 1.82) is 0 Å². The molecule has 0 radical (unpaired) electrons. The summed E-state index contributed by atoms with van der Waals surface area (Å²) >= 11 is 0. The molecule has 1 aromatic carbocycles. The minimum Gasteiger partial charge on any atom is -0.497 e. The quantitative estimate of drug-likeness (QED) is 0.796. The van der Waals surface area contributed by atoms with Crippen molar-refractivity contribution in [2.45, 2.75) is 12.2 Å². The highest BCUT2D eigenvalue weighted by Crippen LogP contribution is 2.18. The third-order valence-electron chi connectivity index (χ3n) is 3.07. The van der Waals surface area contributed by atoms with E-state index in [0.717, 1.165) is 11.3 Å². The summed E-state index contributed by atoms with van der Waals surface area (Å²) in [6, 6.07) is 7.45. The molecular formula is C14H21NO4. The molecule has 1 fully saturated rings. The van der Waals surface area contributed by atoms with Crippen LogP contribution >= 0.6 is 0 Å². The van der Waals surface area contributed by atoms with Gasteiger partial charge in [-0.05, 0) is 17.7 Å². The zero-order valence-corrected chi connectivity index (χ0v) is 11.2. The SMILES string of the molecule is COc1cccc(C(O)CNCC2COCCO2)c1. The van der Waals surface area contributed by atoms with Gasteiger partial charge in [0.15, 0.2) is 0 Å². The van der Waals surface area contributed by atoms with Crippen molar-refractivity contribution in [3.05, 3.63) is 29.8 Å². The lowest BCUT2D eigenvalue weighted by Crippen LogP contribution is -2.38. The monoisotopic (exact) mass is 267 g/mol. The number of hydrogen-bond acceptors (Lipinski definition) is 5. The number of aliphatic hydroxyl groups excluding tert-OH is 1. The summed E-state index contributed by atoms with van der Waals surface area (Å²) in [6.07, 6.45) is -0.481. The Morgan fingerprint density at radius 2 is 2.37 bits per heavy atom. The van der Waals surface area contributed by atoms with Crippen LogP contribution in [0.25, 0.3) is 0 Å². The molecule has 5 heteroatoms. The second-order valence-electron chi connectivity index (χ2n) is 4.52. The number of benzene rings is 1. The van der Waals surface area contributed by atoms with Crippen LogP contribution in [0.4, 0.5) is 0 Å². The first-order chi connectivity index (χ1) is 9.29. The topological polar surface area (TPSA) is 60.0 Å². The van der Waals surface area contributed by atoms with Gasteiger partial charge in [0.1, 0.15) is 5.75 Å². The van der Waals surface area contributed by atoms with E-state index in [1.807, 2.05) is 24.3 Å². The molecule has 1 aliphatic heterocycles. The normalized spacial score (nSPS) is 21.1. The molecule has 1 aromatic rings. The molecule has 0 spiro atoms. The standard InChI is InChI=1S/C14H21NO4/c1-17-12-4-2-3-11(7-12)14(16)9-15-8-13-10-18-5-6-19-13/h2-4,7,13-16H,5-6,8-10H2,1H3. The van der Waals surface area contributed by atoms with Gasteiger partial charge in [-0.3, -0.25) is 0 Å². The largest absolute Gasteiger partial charge is 0.497 e. The Balaban J connectivity index is 1.75. The summed E-state index contributed by atoms with van der Waals surface area (Å²) in [4.78, 5) is 0. The van der Waals surface area contributed by atoms with Crippen LogP contribution < -0.4 is 10.1 Å². The van der Waals surface area contributed by atoms with Crippen molar-refractivity contribution >= 4 is 0 Å². The molecule has 2 rings (SSSR count). The summed E-state index contributed by atoms with van der Waals surface area (Å²) in [5.41, 5.74) is 0.840. The van der Waals surface area contributed by atoms with Crippen LogP contribution in [0, 0.1) is 0 Å². The van der Waals surface area contributed by atoms with Crippen LogP contribution in [0.2, 0.25) is 0 Å². The first-order valence-electron chi connectivity index (χ1n) is 6.51. The van der Waals surface area contributed by atoms with E-state index >= 15 is 0 Å². The van der Waals surface area contributed by atoms with Gasteiger partial charge in [0.2, 0.25) is 0 Å². The van der Waals surface area contributed by atoms with Crippen LogP contribution in [-0.4, -0.2) is 51.2 Å². The zero-order valence-electron chi connectivity index (χ0n) is 11.2. The predicted molar refractivity (Wildman–Crippen MR) is 71.4 cm³/mol. The van der Waals surface area contributed by atoms with Crippen molar-refractivity contribution in [1.82, 2.24) is 5.32 Å². The number of rotatable bonds is 6. The molecular weight excluding hydrogens is 246 g/mol. The fourth-order valence-corrected chi connectivity index (χ4v) is 2.00. The predicted octanol–water partition coefficient (Wildman–Crippen LogP) is 0.734. The van der Waals surface area contributed by atoms with Gasteiger partial charge >= 0.3 is 0 Å². The Hall–Kier alpha value is -1.14. The number of methoxy groups -OCH3 is 1. The number of nitrogens with one attached hydrogen (secondary N) is 1. The van der Waals surface area contributed by atoms with E-state index in [2.05, 4.69) is 5.32 Å². The fourth-order valence-electron chi connectivity index (χ4n) is 2.00. The molecule has 0 saturated carbocycles. The second-order valence-corrected chi connectivity index (χ2v) is 4.52. The molecule has 2 atom stereocenters. The van der Waals surface area contributed by atoms with Crippen LogP contribution in [0.15, 0.2) is 24.3 Å². The Kier molecular flexibility index (Phi) is 5.60. The number of aliphatic hydroxyl groups is 1. The van der Waals surface area contributed by atoms with Gasteiger partial charge in [0.05, 0.1) is 39.1 Å². The van der Waals surface area contributed by atoms with E-state index in [9.17, 15) is 5.11 Å². The molecule has 2 N–H and O–H groups in total. The molecule has 1 saturated heterocycles. The van der Waals surface area contributed by atoms with E-state index in [4.69, 9.17) is 14.2 Å². The van der Waals surface area contributed by atoms with Crippen LogP contribution in [0.1, 0.15) is 11.7 Å². The maximum absolute atomic E-state index is 10.1. The second kappa shape index (κ2) is 7.45. The van der Waals surface area contributed by atoms with Crippen LogP contribution in [0.5, 0.6) is 5.75 Å². The highest BCUT2D eigenvalue weighted by Gasteiger charge is 2.15. The smallest absolute Gasteiger partial charge is 0.119 e. The van der Waals surface area contributed by atoms with E-state index in [0.29, 0.717) is 32.9 Å². The molecule has 2 unspecified atom stereocenters. The minimum absolute atomic E-state index is 0.0752. The summed E-state index contributed by atoms with van der Waals surface area (Å²) in [6.45, 7) is 3.09. The van der Waals surface area contributed by atoms with E-state index < -0.39 is 6.10 Å². The third kappa shape index (κ3) is 4.47.